The van der Waals surface area contributed by atoms with Crippen LogP contribution in [0.2, 0.25) is 25.7 Å². The molecule has 9 heteroatoms. The van der Waals surface area contributed by atoms with Crippen molar-refractivity contribution < 1.29 is 19.0 Å². The molecule has 6 nitrogen and oxygen atoms in total. The number of carboxylic acid groups (broad SMARTS) is 1. The Morgan fingerprint density at radius 1 is 1.14 bits per heavy atom. The van der Waals surface area contributed by atoms with Crippen LogP contribution in [0.3, 0.4) is 0 Å². The van der Waals surface area contributed by atoms with Crippen LogP contribution in [-0.4, -0.2) is 35.4 Å². The average molecular weight is 521 g/mol. The largest absolute Gasteiger partial charge is 0.545 e. The topological polar surface area (TPSA) is 80.1 Å². The van der Waals surface area contributed by atoms with Gasteiger partial charge in [-0.05, 0) is 54.6 Å². The van der Waals surface area contributed by atoms with Gasteiger partial charge in [0.15, 0.2) is 0 Å². The van der Waals surface area contributed by atoms with Gasteiger partial charge in [-0.1, -0.05) is 49.6 Å². The van der Waals surface area contributed by atoms with Gasteiger partial charge < -0.3 is 14.6 Å². The fourth-order valence-electron chi connectivity index (χ4n) is 3.52. The van der Waals surface area contributed by atoms with Crippen molar-refractivity contribution in [3.63, 3.8) is 0 Å². The van der Waals surface area contributed by atoms with Gasteiger partial charge in [0.2, 0.25) is 0 Å². The zero-order valence-corrected chi connectivity index (χ0v) is 22.2. The number of benzene rings is 2. The second-order valence-electron chi connectivity index (χ2n) is 9.51. The van der Waals surface area contributed by atoms with E-state index in [0.717, 1.165) is 40.1 Å². The van der Waals surface area contributed by atoms with Crippen LogP contribution >= 0.6 is 11.8 Å². The number of aromatic carboxylic acids is 1. The molecule has 36 heavy (non-hydrogen) atoms. The number of hydrogen-bond acceptors (Lipinski definition) is 6. The highest BCUT2D eigenvalue weighted by Gasteiger charge is 2.15. The number of nitrogens with zero attached hydrogens (tertiary/aromatic N) is 3. The summed E-state index contributed by atoms with van der Waals surface area (Å²) in [5, 5.41) is 17.2. The van der Waals surface area contributed by atoms with Crippen LogP contribution in [0.25, 0.3) is 23.1 Å². The van der Waals surface area contributed by atoms with E-state index in [4.69, 9.17) is 9.84 Å². The first-order chi connectivity index (χ1) is 17.2. The van der Waals surface area contributed by atoms with Crippen LogP contribution in [0.5, 0.6) is 0 Å². The fraction of sp³-hybridized carbons (Fsp3) is 0.222. The number of carbonyl (C=O) groups is 1. The Morgan fingerprint density at radius 2 is 1.97 bits per heavy atom. The van der Waals surface area contributed by atoms with Crippen LogP contribution in [0.15, 0.2) is 70.6 Å². The van der Waals surface area contributed by atoms with Crippen molar-refractivity contribution in [1.82, 2.24) is 14.8 Å². The van der Waals surface area contributed by atoms with Crippen LogP contribution in [0.1, 0.15) is 21.7 Å². The molecule has 0 radical (unpaired) electrons. The molecule has 4 rings (SSSR count). The first-order valence-corrected chi connectivity index (χ1v) is 16.1. The lowest BCUT2D eigenvalue weighted by Crippen LogP contribution is -2.23. The Hall–Kier alpha value is -3.27. The molecule has 2 heterocycles. The van der Waals surface area contributed by atoms with Gasteiger partial charge in [0, 0.05) is 36.7 Å². The monoisotopic (exact) mass is 520 g/mol. The number of ether oxygens (including phenoxy) is 1. The van der Waals surface area contributed by atoms with Gasteiger partial charge in [0.25, 0.3) is 0 Å². The third kappa shape index (κ3) is 6.48. The van der Waals surface area contributed by atoms with Crippen LogP contribution in [-0.2, 0) is 11.5 Å². The number of aromatic nitrogens is 3. The van der Waals surface area contributed by atoms with E-state index in [9.17, 15) is 14.3 Å². The molecule has 0 N–H and O–H groups in total. The van der Waals surface area contributed by atoms with Crippen molar-refractivity contribution in [2.45, 2.75) is 42.2 Å². The summed E-state index contributed by atoms with van der Waals surface area (Å²) in [5.74, 6) is -2.02. The quantitative estimate of drug-likeness (QED) is 0.201. The van der Waals surface area contributed by atoms with Crippen molar-refractivity contribution in [3.05, 3.63) is 83.6 Å². The summed E-state index contributed by atoms with van der Waals surface area (Å²) in [6.45, 7) is 7.82. The smallest absolute Gasteiger partial charge is 0.140 e. The zero-order chi connectivity index (χ0) is 25.7. The Balaban J connectivity index is 1.68. The van der Waals surface area contributed by atoms with Crippen LogP contribution < -0.4 is 5.11 Å². The normalized spacial score (nSPS) is 12.0. The number of pyridine rings is 1. The number of fused-ring (bicyclic) bond motifs is 1. The Kier molecular flexibility index (Phi) is 8.03. The molecular weight excluding hydrogens is 493 g/mol. The van der Waals surface area contributed by atoms with Crippen LogP contribution in [0, 0.1) is 5.82 Å². The second kappa shape index (κ2) is 11.2. The SMILES string of the molecule is C[Si](C)(C)CCOCn1nc(/C=C/c2ccccn2)c2ccc(Sc3c(F)cccc3C(=O)[O-])cc21. The molecule has 2 aromatic heterocycles. The maximum absolute atomic E-state index is 14.5. The van der Waals surface area contributed by atoms with E-state index >= 15 is 0 Å². The lowest BCUT2D eigenvalue weighted by Gasteiger charge is -2.15. The van der Waals surface area contributed by atoms with Crippen LogP contribution in [0.4, 0.5) is 4.39 Å². The van der Waals surface area contributed by atoms with Gasteiger partial charge in [0.1, 0.15) is 12.5 Å². The Bertz CT molecular complexity index is 1400. The van der Waals surface area contributed by atoms with Crippen molar-refractivity contribution >= 4 is 48.9 Å². The highest BCUT2D eigenvalue weighted by Crippen LogP contribution is 2.35. The first kappa shape index (κ1) is 25.8. The predicted molar refractivity (Wildman–Crippen MR) is 142 cm³/mol. The summed E-state index contributed by atoms with van der Waals surface area (Å²) < 4.78 is 22.2. The van der Waals surface area contributed by atoms with E-state index in [-0.39, 0.29) is 17.2 Å². The third-order valence-corrected chi connectivity index (χ3v) is 8.28. The highest BCUT2D eigenvalue weighted by molar-refractivity contribution is 7.99. The number of halogens is 1. The minimum Gasteiger partial charge on any atom is -0.545 e. The van der Waals surface area contributed by atoms with Gasteiger partial charge in [-0.3, -0.25) is 4.98 Å². The van der Waals surface area contributed by atoms with Crippen molar-refractivity contribution in [1.29, 1.82) is 0 Å². The molecule has 0 amide bonds. The summed E-state index contributed by atoms with van der Waals surface area (Å²) in [6.07, 6.45) is 5.53. The number of carboxylic acids is 1. The number of rotatable bonds is 10. The molecule has 0 saturated heterocycles. The molecule has 0 unspecified atom stereocenters. The van der Waals surface area contributed by atoms with Crippen molar-refractivity contribution in [3.8, 4) is 0 Å². The van der Waals surface area contributed by atoms with Crippen molar-refractivity contribution in [2.75, 3.05) is 6.61 Å². The van der Waals surface area contributed by atoms with Gasteiger partial charge in [-0.2, -0.15) is 5.10 Å². The maximum Gasteiger partial charge on any atom is 0.140 e. The van der Waals surface area contributed by atoms with E-state index in [1.54, 1.807) is 10.9 Å². The number of hydrogen-bond donors (Lipinski definition) is 0. The summed E-state index contributed by atoms with van der Waals surface area (Å²) in [7, 11) is -1.23. The molecule has 0 saturated carbocycles. The maximum atomic E-state index is 14.5. The molecule has 186 valence electrons. The summed E-state index contributed by atoms with van der Waals surface area (Å²) in [5.41, 5.74) is 2.19. The van der Waals surface area contributed by atoms with E-state index < -0.39 is 19.9 Å². The van der Waals surface area contributed by atoms with E-state index in [2.05, 4.69) is 24.6 Å². The Morgan fingerprint density at radius 3 is 2.69 bits per heavy atom. The minimum absolute atomic E-state index is 0.0181. The standard InChI is InChI=1S/C27H28FN3O3SSi/c1-36(2,3)16-15-34-18-31-25-17-20(35-26-22(27(32)33)8-6-9-23(26)28)11-12-21(25)24(30-31)13-10-19-7-4-5-14-29-19/h4-14,17H,15-16,18H2,1-3H3,(H,32,33)/p-1/b13-10+. The minimum atomic E-state index is -1.42. The second-order valence-corrected chi connectivity index (χ2v) is 16.2. The molecule has 4 aromatic rings. The van der Waals surface area contributed by atoms with Crippen molar-refractivity contribution in [2.24, 2.45) is 0 Å². The molecule has 0 spiro atoms. The summed E-state index contributed by atoms with van der Waals surface area (Å²) >= 11 is 1.04. The lowest BCUT2D eigenvalue weighted by atomic mass is 10.2. The van der Waals surface area contributed by atoms with Gasteiger partial charge in [-0.25, -0.2) is 9.07 Å². The molecular formula is C27H27FN3O3SSi-. The molecule has 0 aliphatic heterocycles. The number of carbonyl (C=O) groups excluding carboxylic acids is 1. The zero-order valence-electron chi connectivity index (χ0n) is 20.4. The summed E-state index contributed by atoms with van der Waals surface area (Å²) in [6, 6.07) is 16.3. The van der Waals surface area contributed by atoms with E-state index in [1.165, 1.54) is 18.2 Å². The molecule has 0 aliphatic rings. The predicted octanol–water partition coefficient (Wildman–Crippen LogP) is 5.57. The highest BCUT2D eigenvalue weighted by atomic mass is 32.2. The molecule has 0 fully saturated rings. The molecule has 0 aliphatic carbocycles. The first-order valence-electron chi connectivity index (χ1n) is 11.6. The van der Waals surface area contributed by atoms with Gasteiger partial charge in [-0.15, -0.1) is 0 Å². The Labute approximate surface area is 214 Å². The van der Waals surface area contributed by atoms with Gasteiger partial charge >= 0.3 is 0 Å². The fourth-order valence-corrected chi connectivity index (χ4v) is 5.25. The molecule has 0 atom stereocenters. The van der Waals surface area contributed by atoms with E-state index in [0.29, 0.717) is 11.5 Å². The average Bonchev–Trinajstić information content (AvgIpc) is 3.18. The lowest BCUT2D eigenvalue weighted by molar-refractivity contribution is -0.255. The molecule has 2 aromatic carbocycles. The summed E-state index contributed by atoms with van der Waals surface area (Å²) in [4.78, 5) is 16.5. The third-order valence-electron chi connectivity index (χ3n) is 5.47. The van der Waals surface area contributed by atoms with E-state index in [1.807, 2.05) is 48.6 Å². The van der Waals surface area contributed by atoms with Gasteiger partial charge in [0.05, 0.1) is 27.8 Å². The molecule has 0 bridgehead atoms.